The highest BCUT2D eigenvalue weighted by Gasteiger charge is 2.37. The Morgan fingerprint density at radius 2 is 0.909 bits per heavy atom. The van der Waals surface area contributed by atoms with E-state index >= 15 is 0 Å². The Hall–Kier alpha value is -5.19. The van der Waals surface area contributed by atoms with Crippen LogP contribution in [-0.4, -0.2) is 15.0 Å². The van der Waals surface area contributed by atoms with Crippen molar-refractivity contribution in [2.75, 3.05) is 0 Å². The summed E-state index contributed by atoms with van der Waals surface area (Å²) in [5, 5.41) is 0. The summed E-state index contributed by atoms with van der Waals surface area (Å²) in [6.07, 6.45) is 0. The van der Waals surface area contributed by atoms with E-state index in [1.54, 1.807) is 11.3 Å². The first-order valence-electron chi connectivity index (χ1n) is 14.9. The third-order valence-corrected chi connectivity index (χ3v) is 9.94. The molecule has 0 spiro atoms. The lowest BCUT2D eigenvalue weighted by Gasteiger charge is -2.19. The van der Waals surface area contributed by atoms with E-state index in [-0.39, 0.29) is 5.41 Å². The van der Waals surface area contributed by atoms with Crippen LogP contribution in [-0.2, 0) is 5.41 Å². The summed E-state index contributed by atoms with van der Waals surface area (Å²) in [5.41, 5.74) is 10.4. The summed E-state index contributed by atoms with van der Waals surface area (Å²) in [5.74, 6) is 2.04. The van der Waals surface area contributed by atoms with Gasteiger partial charge in [-0.2, -0.15) is 0 Å². The van der Waals surface area contributed by atoms with Gasteiger partial charge < -0.3 is 0 Å². The maximum Gasteiger partial charge on any atom is 0.174 e. The fourth-order valence-corrected chi connectivity index (χ4v) is 7.46. The predicted octanol–water partition coefficient (Wildman–Crippen LogP) is 10.6. The van der Waals surface area contributed by atoms with Gasteiger partial charge in [0.05, 0.1) is 4.88 Å². The molecule has 4 heteroatoms. The third kappa shape index (κ3) is 4.55. The van der Waals surface area contributed by atoms with Gasteiger partial charge in [-0.3, -0.25) is 0 Å². The monoisotopic (exact) mass is 583 g/mol. The van der Waals surface area contributed by atoms with E-state index in [0.717, 1.165) is 38.3 Å². The van der Waals surface area contributed by atoms with Crippen molar-refractivity contribution in [2.45, 2.75) is 19.3 Å². The number of rotatable bonds is 5. The lowest BCUT2D eigenvalue weighted by molar-refractivity contribution is 0.674. The molecule has 0 unspecified atom stereocenters. The van der Waals surface area contributed by atoms with Gasteiger partial charge >= 0.3 is 0 Å². The van der Waals surface area contributed by atoms with Crippen molar-refractivity contribution in [2.24, 2.45) is 0 Å². The Kier molecular flexibility index (Phi) is 6.32. The lowest BCUT2D eigenvalue weighted by atomic mass is 9.87. The minimum atomic E-state index is -0.0679. The van der Waals surface area contributed by atoms with Crippen LogP contribution < -0.4 is 0 Å². The van der Waals surface area contributed by atoms with Crippen LogP contribution >= 0.6 is 11.3 Å². The largest absolute Gasteiger partial charge is 0.208 e. The second kappa shape index (κ2) is 10.5. The van der Waals surface area contributed by atoms with Crippen molar-refractivity contribution in [3.05, 3.63) is 150 Å². The maximum atomic E-state index is 5.17. The molecule has 0 radical (unpaired) electrons. The molecule has 0 atom stereocenters. The number of nitrogens with zero attached hydrogens (tertiary/aromatic N) is 3. The first-order valence-corrected chi connectivity index (χ1v) is 15.7. The third-order valence-electron chi connectivity index (χ3n) is 8.48. The molecule has 0 bridgehead atoms. The van der Waals surface area contributed by atoms with Gasteiger partial charge in [0.1, 0.15) is 0 Å². The molecule has 7 aromatic rings. The van der Waals surface area contributed by atoms with Crippen LogP contribution in [0.2, 0.25) is 0 Å². The van der Waals surface area contributed by atoms with E-state index in [0.29, 0.717) is 17.5 Å². The highest BCUT2D eigenvalue weighted by atomic mass is 32.1. The van der Waals surface area contributed by atoms with Crippen LogP contribution in [0.15, 0.2) is 140 Å². The normalized spacial score (nSPS) is 13.0. The van der Waals surface area contributed by atoms with Gasteiger partial charge in [-0.05, 0) is 63.2 Å². The number of hydrogen-bond donors (Lipinski definition) is 0. The van der Waals surface area contributed by atoms with Gasteiger partial charge in [-0.1, -0.05) is 129 Å². The Labute approximate surface area is 261 Å². The van der Waals surface area contributed by atoms with Crippen LogP contribution in [0, 0.1) is 0 Å². The van der Waals surface area contributed by atoms with Gasteiger partial charge in [0.15, 0.2) is 17.5 Å². The van der Waals surface area contributed by atoms with E-state index in [4.69, 9.17) is 15.0 Å². The number of fused-ring (bicyclic) bond motifs is 3. The minimum Gasteiger partial charge on any atom is -0.208 e. The van der Waals surface area contributed by atoms with E-state index < -0.39 is 0 Å². The molecule has 0 amide bonds. The fraction of sp³-hybridized carbons (Fsp3) is 0.0750. The van der Waals surface area contributed by atoms with Gasteiger partial charge in [0.2, 0.25) is 0 Å². The van der Waals surface area contributed by atoms with Crippen LogP contribution in [0.1, 0.15) is 24.3 Å². The van der Waals surface area contributed by atoms with Crippen molar-refractivity contribution in [1.29, 1.82) is 0 Å². The highest BCUT2D eigenvalue weighted by Crippen LogP contribution is 2.53. The van der Waals surface area contributed by atoms with Crippen molar-refractivity contribution in [3.63, 3.8) is 0 Å². The van der Waals surface area contributed by atoms with Crippen LogP contribution in [0.25, 0.3) is 66.9 Å². The van der Waals surface area contributed by atoms with Crippen LogP contribution in [0.5, 0.6) is 0 Å². The average molecular weight is 584 g/mol. The van der Waals surface area contributed by atoms with E-state index in [9.17, 15) is 0 Å². The van der Waals surface area contributed by atoms with Gasteiger partial charge in [-0.25, -0.2) is 15.0 Å². The minimum absolute atomic E-state index is 0.0679. The first-order chi connectivity index (χ1) is 21.5. The Morgan fingerprint density at radius 3 is 1.52 bits per heavy atom. The van der Waals surface area contributed by atoms with Crippen molar-refractivity contribution in [3.8, 4) is 66.9 Å². The fourth-order valence-electron chi connectivity index (χ4n) is 6.23. The molecular weight excluding hydrogens is 555 g/mol. The Bertz CT molecular complexity index is 2070. The second-order valence-corrected chi connectivity index (χ2v) is 12.8. The van der Waals surface area contributed by atoms with Crippen molar-refractivity contribution >= 4 is 11.3 Å². The molecule has 0 saturated carbocycles. The predicted molar refractivity (Wildman–Crippen MR) is 182 cm³/mol. The summed E-state index contributed by atoms with van der Waals surface area (Å²) in [7, 11) is 0. The quantitative estimate of drug-likeness (QED) is 0.202. The standard InChI is InChI=1S/C40H29N3S/c1-40(2)34-21-13-12-20-32(34)33-25-35(44-36(33)40)39-42-37(28-18-10-5-11-19-28)41-38(43-39)31-23-29(26-14-6-3-7-15-26)22-30(24-31)27-16-8-4-9-17-27/h3-25H,1-2H3. The number of hydrogen-bond acceptors (Lipinski definition) is 4. The number of thiophene rings is 1. The molecule has 8 rings (SSSR count). The molecule has 210 valence electrons. The van der Waals surface area contributed by atoms with Crippen molar-refractivity contribution in [1.82, 2.24) is 15.0 Å². The molecule has 0 aliphatic heterocycles. The molecule has 5 aromatic carbocycles. The summed E-state index contributed by atoms with van der Waals surface area (Å²) in [4.78, 5) is 17.7. The number of benzene rings is 5. The van der Waals surface area contributed by atoms with E-state index in [2.05, 4.69) is 123 Å². The second-order valence-electron chi connectivity index (χ2n) is 11.7. The zero-order valence-corrected chi connectivity index (χ0v) is 25.3. The van der Waals surface area contributed by atoms with E-state index in [1.807, 2.05) is 30.3 Å². The van der Waals surface area contributed by atoms with E-state index in [1.165, 1.54) is 21.6 Å². The average Bonchev–Trinajstić information content (AvgIpc) is 3.63. The summed E-state index contributed by atoms with van der Waals surface area (Å²) in [6, 6.07) is 48.9. The topological polar surface area (TPSA) is 38.7 Å². The Balaban J connectivity index is 1.34. The summed E-state index contributed by atoms with van der Waals surface area (Å²) >= 11 is 1.79. The molecule has 0 saturated heterocycles. The molecule has 1 aliphatic rings. The highest BCUT2D eigenvalue weighted by molar-refractivity contribution is 7.16. The smallest absolute Gasteiger partial charge is 0.174 e. The zero-order valence-electron chi connectivity index (χ0n) is 24.5. The van der Waals surface area contributed by atoms with Crippen LogP contribution in [0.4, 0.5) is 0 Å². The number of aromatic nitrogens is 3. The van der Waals surface area contributed by atoms with Crippen LogP contribution in [0.3, 0.4) is 0 Å². The molecule has 0 fully saturated rings. The molecule has 3 nitrogen and oxygen atoms in total. The molecule has 0 N–H and O–H groups in total. The maximum absolute atomic E-state index is 5.17. The molecule has 44 heavy (non-hydrogen) atoms. The molecule has 1 aliphatic carbocycles. The first kappa shape index (κ1) is 26.4. The molecular formula is C40H29N3S. The van der Waals surface area contributed by atoms with Gasteiger partial charge in [-0.15, -0.1) is 11.3 Å². The van der Waals surface area contributed by atoms with Crippen molar-refractivity contribution < 1.29 is 0 Å². The lowest BCUT2D eigenvalue weighted by Crippen LogP contribution is -2.13. The van der Waals surface area contributed by atoms with Gasteiger partial charge in [0.25, 0.3) is 0 Å². The zero-order chi connectivity index (χ0) is 29.7. The molecule has 2 aromatic heterocycles. The summed E-state index contributed by atoms with van der Waals surface area (Å²) < 4.78 is 0. The summed E-state index contributed by atoms with van der Waals surface area (Å²) in [6.45, 7) is 4.62. The Morgan fingerprint density at radius 1 is 0.432 bits per heavy atom. The SMILES string of the molecule is CC1(C)c2ccccc2-c2cc(-c3nc(-c4ccccc4)nc(-c4cc(-c5ccccc5)cc(-c5ccccc5)c4)n3)sc21. The molecule has 2 heterocycles. The van der Waals surface area contributed by atoms with Gasteiger partial charge in [0, 0.05) is 21.4 Å².